The summed E-state index contributed by atoms with van der Waals surface area (Å²) < 4.78 is 1.62. The number of halogens is 1. The van der Waals surface area contributed by atoms with E-state index in [-0.39, 0.29) is 27.7 Å². The molecular weight excluding hydrogens is 338 g/mol. The lowest BCUT2D eigenvalue weighted by Gasteiger charge is -2.12. The van der Waals surface area contributed by atoms with Crippen molar-refractivity contribution in [2.24, 2.45) is 5.11 Å². The van der Waals surface area contributed by atoms with Crippen LogP contribution in [-0.4, -0.2) is 32.6 Å². The third-order valence-electron chi connectivity index (χ3n) is 2.82. The predicted octanol–water partition coefficient (Wildman–Crippen LogP) is 0.974. The quantitative estimate of drug-likeness (QED) is 0.480. The third-order valence-corrected chi connectivity index (χ3v) is 4.93. The molecule has 1 fully saturated rings. The molecule has 2 N–H and O–H groups in total. The van der Waals surface area contributed by atoms with Gasteiger partial charge in [-0.25, -0.2) is 4.79 Å². The number of rotatable bonds is 3. The molecule has 1 saturated heterocycles. The second-order valence-corrected chi connectivity index (χ2v) is 6.24. The van der Waals surface area contributed by atoms with Crippen LogP contribution in [0.15, 0.2) is 25.4 Å². The number of aromatic nitrogens is 2. The lowest BCUT2D eigenvalue weighted by molar-refractivity contribution is 0.283. The van der Waals surface area contributed by atoms with E-state index in [1.165, 1.54) is 22.5 Å². The fourth-order valence-electron chi connectivity index (χ4n) is 1.91. The maximum atomic E-state index is 11.7. The number of H-pyrrole nitrogens is 1. The average Bonchev–Trinajstić information content (AvgIpc) is 2.77. The molecule has 0 aromatic carbocycles. The molecule has 1 aliphatic rings. The Hall–Kier alpha value is -1.22. The Morgan fingerprint density at radius 1 is 1.68 bits per heavy atom. The standard InChI is InChI=1S/C9H10BrN5O3S/c10-4-2-15(9(18)12-8(4)17)7-1-5(13-14-11)6(3-16)19-7/h2,5-7,16H,1,3H2,(H,12,17,18)/t5-,6+,7+/m0/s1. The second kappa shape index (κ2) is 5.83. The molecule has 2 heterocycles. The highest BCUT2D eigenvalue weighted by Crippen LogP contribution is 2.42. The summed E-state index contributed by atoms with van der Waals surface area (Å²) >= 11 is 4.41. The Morgan fingerprint density at radius 3 is 3.05 bits per heavy atom. The van der Waals surface area contributed by atoms with Crippen molar-refractivity contribution in [3.05, 3.63) is 42.0 Å². The van der Waals surface area contributed by atoms with Gasteiger partial charge >= 0.3 is 5.69 Å². The zero-order valence-electron chi connectivity index (χ0n) is 9.56. The molecule has 3 atom stereocenters. The second-order valence-electron chi connectivity index (χ2n) is 3.96. The van der Waals surface area contributed by atoms with E-state index < -0.39 is 11.2 Å². The lowest BCUT2D eigenvalue weighted by Crippen LogP contribution is -2.31. The molecule has 0 unspecified atom stereocenters. The molecule has 0 saturated carbocycles. The van der Waals surface area contributed by atoms with Gasteiger partial charge < -0.3 is 5.11 Å². The van der Waals surface area contributed by atoms with Crippen LogP contribution in [0.2, 0.25) is 0 Å². The Bertz CT molecular complexity index is 637. The number of nitrogens with zero attached hydrogens (tertiary/aromatic N) is 4. The Labute approximate surface area is 119 Å². The number of aromatic amines is 1. The van der Waals surface area contributed by atoms with Gasteiger partial charge in [0.2, 0.25) is 0 Å². The molecule has 19 heavy (non-hydrogen) atoms. The summed E-state index contributed by atoms with van der Waals surface area (Å²) in [5.41, 5.74) is 7.46. The highest BCUT2D eigenvalue weighted by molar-refractivity contribution is 9.10. The minimum atomic E-state index is -0.524. The molecule has 102 valence electrons. The lowest BCUT2D eigenvalue weighted by atomic mass is 10.1. The summed E-state index contributed by atoms with van der Waals surface area (Å²) in [6.45, 7) is -0.135. The van der Waals surface area contributed by atoms with E-state index in [0.717, 1.165) is 0 Å². The molecule has 0 bridgehead atoms. The molecule has 0 spiro atoms. The zero-order valence-corrected chi connectivity index (χ0v) is 12.0. The summed E-state index contributed by atoms with van der Waals surface area (Å²) in [6.07, 6.45) is 1.84. The van der Waals surface area contributed by atoms with Crippen LogP contribution < -0.4 is 11.2 Å². The van der Waals surface area contributed by atoms with Gasteiger partial charge in [-0.15, -0.1) is 11.8 Å². The van der Waals surface area contributed by atoms with E-state index in [2.05, 4.69) is 30.9 Å². The Balaban J connectivity index is 2.34. The van der Waals surface area contributed by atoms with Crippen molar-refractivity contribution < 1.29 is 5.11 Å². The van der Waals surface area contributed by atoms with Crippen LogP contribution in [-0.2, 0) is 0 Å². The minimum Gasteiger partial charge on any atom is -0.395 e. The van der Waals surface area contributed by atoms with Crippen LogP contribution in [0.4, 0.5) is 0 Å². The first-order chi connectivity index (χ1) is 9.06. The SMILES string of the molecule is [N-]=[N+]=N[C@H]1C[C@H](n2cc(Br)c(=O)[nH]c2=O)S[C@@H]1CO. The fraction of sp³-hybridized carbons (Fsp3) is 0.556. The molecule has 0 radical (unpaired) electrons. The molecule has 1 aliphatic heterocycles. The van der Waals surface area contributed by atoms with Crippen molar-refractivity contribution in [3.8, 4) is 0 Å². The molecule has 1 aromatic rings. The fourth-order valence-corrected chi connectivity index (χ4v) is 3.66. The summed E-state index contributed by atoms with van der Waals surface area (Å²) in [4.78, 5) is 27.9. The van der Waals surface area contributed by atoms with Gasteiger partial charge in [0.25, 0.3) is 5.56 Å². The van der Waals surface area contributed by atoms with Crippen molar-refractivity contribution in [3.63, 3.8) is 0 Å². The number of thioether (sulfide) groups is 1. The van der Waals surface area contributed by atoms with Crippen LogP contribution >= 0.6 is 27.7 Å². The number of azide groups is 1. The highest BCUT2D eigenvalue weighted by Gasteiger charge is 2.35. The molecule has 0 amide bonds. The number of aliphatic hydroxyl groups excluding tert-OH is 1. The topological polar surface area (TPSA) is 124 Å². The van der Waals surface area contributed by atoms with Gasteiger partial charge in [-0.2, -0.15) is 0 Å². The zero-order chi connectivity index (χ0) is 14.0. The molecule has 10 heteroatoms. The number of hydrogen-bond acceptors (Lipinski definition) is 5. The molecule has 1 aromatic heterocycles. The van der Waals surface area contributed by atoms with Crippen LogP contribution in [0.3, 0.4) is 0 Å². The molecule has 2 rings (SSSR count). The highest BCUT2D eigenvalue weighted by atomic mass is 79.9. The van der Waals surface area contributed by atoms with Gasteiger partial charge in [0.05, 0.1) is 22.5 Å². The monoisotopic (exact) mass is 347 g/mol. The third kappa shape index (κ3) is 2.86. The Morgan fingerprint density at radius 2 is 2.42 bits per heavy atom. The molecule has 0 aliphatic carbocycles. The normalized spacial score (nSPS) is 26.1. The smallest absolute Gasteiger partial charge is 0.329 e. The van der Waals surface area contributed by atoms with E-state index in [1.54, 1.807) is 0 Å². The van der Waals surface area contributed by atoms with Crippen molar-refractivity contribution in [1.29, 1.82) is 0 Å². The van der Waals surface area contributed by atoms with Crippen molar-refractivity contribution >= 4 is 27.7 Å². The van der Waals surface area contributed by atoms with Crippen LogP contribution in [0.5, 0.6) is 0 Å². The summed E-state index contributed by atoms with van der Waals surface area (Å²) in [7, 11) is 0. The van der Waals surface area contributed by atoms with E-state index >= 15 is 0 Å². The number of aliphatic hydroxyl groups is 1. The van der Waals surface area contributed by atoms with Gasteiger partial charge in [0.1, 0.15) is 0 Å². The van der Waals surface area contributed by atoms with E-state index in [0.29, 0.717) is 6.42 Å². The molecule has 8 nitrogen and oxygen atoms in total. The summed E-state index contributed by atoms with van der Waals surface area (Å²) in [5, 5.41) is 12.3. The predicted molar refractivity (Wildman–Crippen MR) is 74.1 cm³/mol. The van der Waals surface area contributed by atoms with Crippen LogP contribution in [0.1, 0.15) is 11.8 Å². The van der Waals surface area contributed by atoms with Gasteiger partial charge in [-0.3, -0.25) is 14.3 Å². The van der Waals surface area contributed by atoms with Crippen molar-refractivity contribution in [2.75, 3.05) is 6.61 Å². The van der Waals surface area contributed by atoms with Crippen molar-refractivity contribution in [1.82, 2.24) is 9.55 Å². The van der Waals surface area contributed by atoms with E-state index in [4.69, 9.17) is 5.53 Å². The maximum Gasteiger partial charge on any atom is 0.329 e. The largest absolute Gasteiger partial charge is 0.395 e. The van der Waals surface area contributed by atoms with E-state index in [9.17, 15) is 14.7 Å². The van der Waals surface area contributed by atoms with E-state index in [1.807, 2.05) is 0 Å². The first-order valence-corrected chi connectivity index (χ1v) is 7.12. The minimum absolute atomic E-state index is 0.135. The Kier molecular flexibility index (Phi) is 4.35. The number of hydrogen-bond donors (Lipinski definition) is 2. The number of nitrogens with one attached hydrogen (secondary N) is 1. The first kappa shape index (κ1) is 14.2. The maximum absolute atomic E-state index is 11.7. The van der Waals surface area contributed by atoms with Crippen LogP contribution in [0, 0.1) is 0 Å². The summed E-state index contributed by atoms with van der Waals surface area (Å²) in [6, 6.07) is -0.373. The summed E-state index contributed by atoms with van der Waals surface area (Å²) in [5.74, 6) is 0. The first-order valence-electron chi connectivity index (χ1n) is 5.38. The van der Waals surface area contributed by atoms with Gasteiger partial charge in [0.15, 0.2) is 0 Å². The average molecular weight is 348 g/mol. The van der Waals surface area contributed by atoms with Gasteiger partial charge in [0, 0.05) is 16.4 Å². The van der Waals surface area contributed by atoms with Crippen LogP contribution in [0.25, 0.3) is 10.4 Å². The van der Waals surface area contributed by atoms with Gasteiger partial charge in [-0.1, -0.05) is 5.11 Å². The van der Waals surface area contributed by atoms with Crippen molar-refractivity contribution in [2.45, 2.75) is 23.1 Å². The van der Waals surface area contributed by atoms with Gasteiger partial charge in [-0.05, 0) is 27.9 Å². The molecular formula is C9H10BrN5O3S.